The molecule has 0 saturated carbocycles. The number of phenolic OH excluding ortho intramolecular Hbond substituents is 1. The fourth-order valence-corrected chi connectivity index (χ4v) is 1.57. The minimum atomic E-state index is -0.127. The van der Waals surface area contributed by atoms with Gasteiger partial charge in [-0.15, -0.1) is 0 Å². The highest BCUT2D eigenvalue weighted by molar-refractivity contribution is 6.33. The second-order valence-electron chi connectivity index (χ2n) is 3.05. The summed E-state index contributed by atoms with van der Waals surface area (Å²) in [5.74, 6) is 0.503. The highest BCUT2D eigenvalue weighted by atomic mass is 35.5. The fraction of sp³-hybridized carbons (Fsp3) is 0.100. The van der Waals surface area contributed by atoms with E-state index >= 15 is 0 Å². The second-order valence-corrected chi connectivity index (χ2v) is 3.46. The lowest BCUT2D eigenvalue weighted by Gasteiger charge is -2.02. The summed E-state index contributed by atoms with van der Waals surface area (Å²) in [6, 6.07) is 4.84. The van der Waals surface area contributed by atoms with Crippen LogP contribution in [-0.4, -0.2) is 20.2 Å². The number of phenols is 1. The zero-order chi connectivity index (χ0) is 10.8. The Hall–Kier alpha value is -1.52. The maximum atomic E-state index is 9.62. The molecule has 0 atom stereocenters. The van der Waals surface area contributed by atoms with Gasteiger partial charge in [0.1, 0.15) is 11.6 Å². The number of aromatic nitrogens is 2. The lowest BCUT2D eigenvalue weighted by atomic mass is 10.2. The number of H-pyrrole nitrogens is 1. The molecular formula is C10H9ClN2O2. The first-order valence-corrected chi connectivity index (χ1v) is 4.72. The van der Waals surface area contributed by atoms with E-state index in [1.165, 1.54) is 12.3 Å². The number of aromatic hydroxyl groups is 1. The Balaban J connectivity index is 2.53. The summed E-state index contributed by atoms with van der Waals surface area (Å²) in [5, 5.41) is 18.9. The quantitative estimate of drug-likeness (QED) is 0.730. The summed E-state index contributed by atoms with van der Waals surface area (Å²) in [6.45, 7) is -0.127. The first kappa shape index (κ1) is 10.0. The second kappa shape index (κ2) is 3.92. The van der Waals surface area contributed by atoms with Crippen molar-refractivity contribution in [3.8, 4) is 17.1 Å². The molecule has 78 valence electrons. The van der Waals surface area contributed by atoms with E-state index in [1.54, 1.807) is 12.1 Å². The van der Waals surface area contributed by atoms with Crippen LogP contribution < -0.4 is 0 Å². The van der Waals surface area contributed by atoms with Crippen molar-refractivity contribution in [1.29, 1.82) is 0 Å². The Morgan fingerprint density at radius 2 is 2.20 bits per heavy atom. The predicted molar refractivity (Wildman–Crippen MR) is 56.6 cm³/mol. The Kier molecular flexibility index (Phi) is 2.62. The van der Waals surface area contributed by atoms with Crippen molar-refractivity contribution in [2.24, 2.45) is 0 Å². The lowest BCUT2D eigenvalue weighted by molar-refractivity contribution is 0.277. The maximum Gasteiger partial charge on any atom is 0.142 e. The molecule has 1 heterocycles. The molecule has 0 aliphatic carbocycles. The third-order valence-electron chi connectivity index (χ3n) is 2.03. The van der Waals surface area contributed by atoms with Crippen LogP contribution in [0.1, 0.15) is 5.69 Å². The van der Waals surface area contributed by atoms with Gasteiger partial charge in [0.05, 0.1) is 29.1 Å². The molecule has 0 fully saturated rings. The van der Waals surface area contributed by atoms with Crippen LogP contribution in [0.25, 0.3) is 11.4 Å². The number of halogens is 1. The summed E-state index contributed by atoms with van der Waals surface area (Å²) < 4.78 is 0. The monoisotopic (exact) mass is 224 g/mol. The molecule has 0 amide bonds. The summed E-state index contributed by atoms with van der Waals surface area (Å²) in [4.78, 5) is 6.87. The van der Waals surface area contributed by atoms with E-state index in [9.17, 15) is 5.11 Å². The first-order valence-electron chi connectivity index (χ1n) is 4.35. The van der Waals surface area contributed by atoms with E-state index in [4.69, 9.17) is 16.7 Å². The zero-order valence-electron chi connectivity index (χ0n) is 7.74. The molecule has 0 aliphatic heterocycles. The van der Waals surface area contributed by atoms with Crippen molar-refractivity contribution in [3.05, 3.63) is 35.1 Å². The molecule has 0 bridgehead atoms. The first-order chi connectivity index (χ1) is 7.22. The number of aromatic amines is 1. The topological polar surface area (TPSA) is 69.1 Å². The van der Waals surface area contributed by atoms with Crippen molar-refractivity contribution < 1.29 is 10.2 Å². The summed E-state index contributed by atoms with van der Waals surface area (Å²) >= 11 is 5.93. The van der Waals surface area contributed by atoms with Gasteiger partial charge in [0.25, 0.3) is 0 Å². The highest BCUT2D eigenvalue weighted by Gasteiger charge is 2.11. The van der Waals surface area contributed by atoms with Gasteiger partial charge in [0.2, 0.25) is 0 Å². The number of aliphatic hydroxyl groups excluding tert-OH is 1. The molecule has 4 nitrogen and oxygen atoms in total. The molecule has 0 unspecified atom stereocenters. The Bertz CT molecular complexity index is 462. The molecule has 0 spiro atoms. The minimum absolute atomic E-state index is 0.0568. The number of benzene rings is 1. The van der Waals surface area contributed by atoms with Crippen LogP contribution in [0.5, 0.6) is 5.75 Å². The minimum Gasteiger partial charge on any atom is -0.507 e. The average Bonchev–Trinajstić information content (AvgIpc) is 2.66. The number of nitrogens with zero attached hydrogens (tertiary/aromatic N) is 1. The summed E-state index contributed by atoms with van der Waals surface area (Å²) in [7, 11) is 0. The van der Waals surface area contributed by atoms with Crippen LogP contribution in [0.3, 0.4) is 0 Å². The Morgan fingerprint density at radius 3 is 2.80 bits per heavy atom. The van der Waals surface area contributed by atoms with Crippen molar-refractivity contribution >= 4 is 11.6 Å². The SMILES string of the molecule is OCc1cnc(-c2c(O)cccc2Cl)[nH]1. The van der Waals surface area contributed by atoms with Crippen molar-refractivity contribution in [3.63, 3.8) is 0 Å². The van der Waals surface area contributed by atoms with E-state index < -0.39 is 0 Å². The van der Waals surface area contributed by atoms with Crippen LogP contribution in [0.4, 0.5) is 0 Å². The van der Waals surface area contributed by atoms with Gasteiger partial charge in [0.15, 0.2) is 0 Å². The van der Waals surface area contributed by atoms with Gasteiger partial charge in [-0.1, -0.05) is 17.7 Å². The van der Waals surface area contributed by atoms with Crippen molar-refractivity contribution in [1.82, 2.24) is 9.97 Å². The van der Waals surface area contributed by atoms with Gasteiger partial charge < -0.3 is 15.2 Å². The van der Waals surface area contributed by atoms with Gasteiger partial charge in [-0.2, -0.15) is 0 Å². The summed E-state index contributed by atoms with van der Waals surface area (Å²) in [5.41, 5.74) is 1.02. The number of hydrogen-bond donors (Lipinski definition) is 3. The molecule has 2 aromatic rings. The van der Waals surface area contributed by atoms with Gasteiger partial charge in [0, 0.05) is 0 Å². The molecule has 0 aliphatic rings. The molecule has 3 N–H and O–H groups in total. The van der Waals surface area contributed by atoms with E-state index in [1.807, 2.05) is 0 Å². The smallest absolute Gasteiger partial charge is 0.142 e. The molecule has 0 radical (unpaired) electrons. The van der Waals surface area contributed by atoms with Crippen LogP contribution in [0.2, 0.25) is 5.02 Å². The predicted octanol–water partition coefficient (Wildman–Crippen LogP) is 1.93. The van der Waals surface area contributed by atoms with Gasteiger partial charge in [-0.05, 0) is 12.1 Å². The normalized spacial score (nSPS) is 10.5. The van der Waals surface area contributed by atoms with E-state index in [0.717, 1.165) is 0 Å². The largest absolute Gasteiger partial charge is 0.507 e. The van der Waals surface area contributed by atoms with Crippen LogP contribution in [0, 0.1) is 0 Å². The van der Waals surface area contributed by atoms with Crippen molar-refractivity contribution in [2.75, 3.05) is 0 Å². The number of imidazole rings is 1. The number of rotatable bonds is 2. The molecule has 1 aromatic carbocycles. The molecule has 1 aromatic heterocycles. The molecule has 15 heavy (non-hydrogen) atoms. The van der Waals surface area contributed by atoms with Gasteiger partial charge >= 0.3 is 0 Å². The number of aliphatic hydroxyl groups is 1. The Morgan fingerprint density at radius 1 is 1.40 bits per heavy atom. The summed E-state index contributed by atoms with van der Waals surface area (Å²) in [6.07, 6.45) is 1.50. The molecular weight excluding hydrogens is 216 g/mol. The van der Waals surface area contributed by atoms with E-state index in [-0.39, 0.29) is 12.4 Å². The highest BCUT2D eigenvalue weighted by Crippen LogP contribution is 2.33. The van der Waals surface area contributed by atoms with Crippen LogP contribution >= 0.6 is 11.6 Å². The maximum absolute atomic E-state index is 9.62. The molecule has 0 saturated heterocycles. The lowest BCUT2D eigenvalue weighted by Crippen LogP contribution is -1.85. The van der Waals surface area contributed by atoms with Crippen LogP contribution in [0.15, 0.2) is 24.4 Å². The van der Waals surface area contributed by atoms with Crippen molar-refractivity contribution in [2.45, 2.75) is 6.61 Å². The molecule has 2 rings (SSSR count). The third-order valence-corrected chi connectivity index (χ3v) is 2.34. The van der Waals surface area contributed by atoms with Gasteiger partial charge in [-0.3, -0.25) is 0 Å². The van der Waals surface area contributed by atoms with E-state index in [0.29, 0.717) is 22.1 Å². The fourth-order valence-electron chi connectivity index (χ4n) is 1.31. The average molecular weight is 225 g/mol. The van der Waals surface area contributed by atoms with E-state index in [2.05, 4.69) is 9.97 Å². The van der Waals surface area contributed by atoms with Crippen LogP contribution in [-0.2, 0) is 6.61 Å². The Labute approximate surface area is 91.2 Å². The number of nitrogens with one attached hydrogen (secondary N) is 1. The zero-order valence-corrected chi connectivity index (χ0v) is 8.49. The third kappa shape index (κ3) is 1.82. The molecule has 5 heteroatoms. The number of hydrogen-bond acceptors (Lipinski definition) is 3. The standard InChI is InChI=1S/C10H9ClN2O2/c11-7-2-1-3-8(15)9(7)10-12-4-6(5-14)13-10/h1-4,14-15H,5H2,(H,12,13). The van der Waals surface area contributed by atoms with Gasteiger partial charge in [-0.25, -0.2) is 4.98 Å².